The third-order valence-electron chi connectivity index (χ3n) is 5.84. The Morgan fingerprint density at radius 2 is 1.94 bits per heavy atom. The molecule has 1 amide bonds. The van der Waals surface area contributed by atoms with Crippen LogP contribution in [0.25, 0.3) is 12.2 Å². The summed E-state index contributed by atoms with van der Waals surface area (Å²) in [6.07, 6.45) is 4.37. The molecule has 0 saturated carbocycles. The highest BCUT2D eigenvalue weighted by Crippen LogP contribution is 2.30. The molecule has 0 radical (unpaired) electrons. The van der Waals surface area contributed by atoms with Crippen LogP contribution in [0.1, 0.15) is 40.3 Å². The Hall–Kier alpha value is -2.75. The fourth-order valence-electron chi connectivity index (χ4n) is 4.02. The van der Waals surface area contributed by atoms with E-state index < -0.39 is 10.0 Å². The van der Waals surface area contributed by atoms with Crippen LogP contribution in [0.4, 0.5) is 5.69 Å². The zero-order valence-electron chi connectivity index (χ0n) is 18.9. The second-order valence-corrected chi connectivity index (χ2v) is 11.2. The summed E-state index contributed by atoms with van der Waals surface area (Å²) in [6, 6.07) is 9.75. The summed E-state index contributed by atoms with van der Waals surface area (Å²) in [5.41, 5.74) is 3.27. The van der Waals surface area contributed by atoms with Crippen LogP contribution in [0.3, 0.4) is 0 Å². The number of piperidine rings is 1. The molecule has 0 bridgehead atoms. The van der Waals surface area contributed by atoms with Crippen LogP contribution >= 0.6 is 11.3 Å². The molecule has 7 nitrogen and oxygen atoms in total. The number of rotatable bonds is 6. The van der Waals surface area contributed by atoms with Gasteiger partial charge in [0, 0.05) is 29.6 Å². The molecule has 3 aromatic rings. The van der Waals surface area contributed by atoms with E-state index in [9.17, 15) is 13.2 Å². The number of aromatic nitrogens is 1. The second kappa shape index (κ2) is 9.62. The molecule has 1 N–H and O–H groups in total. The van der Waals surface area contributed by atoms with Gasteiger partial charge in [-0.3, -0.25) is 4.79 Å². The van der Waals surface area contributed by atoms with Crippen molar-refractivity contribution in [2.75, 3.05) is 18.4 Å². The Morgan fingerprint density at radius 3 is 2.61 bits per heavy atom. The van der Waals surface area contributed by atoms with Crippen LogP contribution in [0.5, 0.6) is 0 Å². The van der Waals surface area contributed by atoms with Gasteiger partial charge in [-0.15, -0.1) is 11.3 Å². The third-order valence-corrected chi connectivity index (χ3v) is 8.73. The van der Waals surface area contributed by atoms with Crippen molar-refractivity contribution in [3.05, 3.63) is 63.2 Å². The number of amides is 1. The van der Waals surface area contributed by atoms with E-state index in [-0.39, 0.29) is 35.6 Å². The smallest absolute Gasteiger partial charge is 0.248 e. The summed E-state index contributed by atoms with van der Waals surface area (Å²) in [6.45, 7) is 6.14. The van der Waals surface area contributed by atoms with E-state index in [1.54, 1.807) is 24.3 Å². The molecule has 1 aromatic carbocycles. The van der Waals surface area contributed by atoms with Gasteiger partial charge in [-0.25, -0.2) is 8.42 Å². The molecule has 0 spiro atoms. The van der Waals surface area contributed by atoms with E-state index in [0.717, 1.165) is 21.7 Å². The van der Waals surface area contributed by atoms with Gasteiger partial charge in [0.15, 0.2) is 10.7 Å². The molecular weight excluding hydrogens is 458 g/mol. The van der Waals surface area contributed by atoms with Crippen molar-refractivity contribution >= 4 is 45.1 Å². The van der Waals surface area contributed by atoms with E-state index >= 15 is 0 Å². The Kier molecular flexibility index (Phi) is 6.83. The van der Waals surface area contributed by atoms with E-state index in [0.29, 0.717) is 18.5 Å². The lowest BCUT2D eigenvalue weighted by Gasteiger charge is -2.30. The number of hydrogen-bond donors (Lipinski definition) is 1. The number of aryl methyl sites for hydroxylation is 3. The fraction of sp³-hybridized carbons (Fsp3) is 0.333. The minimum atomic E-state index is -3.79. The van der Waals surface area contributed by atoms with Crippen molar-refractivity contribution in [1.29, 1.82) is 0 Å². The van der Waals surface area contributed by atoms with Crippen molar-refractivity contribution < 1.29 is 17.7 Å². The molecule has 1 fully saturated rings. The van der Waals surface area contributed by atoms with Crippen LogP contribution < -0.4 is 5.32 Å². The van der Waals surface area contributed by atoms with Gasteiger partial charge >= 0.3 is 0 Å². The zero-order chi connectivity index (χ0) is 23.6. The molecule has 4 rings (SSSR count). The Labute approximate surface area is 198 Å². The summed E-state index contributed by atoms with van der Waals surface area (Å²) in [5, 5.41) is 8.83. The summed E-state index contributed by atoms with van der Waals surface area (Å²) in [4.78, 5) is 13.9. The van der Waals surface area contributed by atoms with Crippen LogP contribution in [-0.4, -0.2) is 36.9 Å². The normalized spacial score (nSPS) is 15.8. The molecule has 1 aliphatic rings. The number of anilines is 1. The highest BCUT2D eigenvalue weighted by atomic mass is 32.2. The van der Waals surface area contributed by atoms with E-state index in [2.05, 4.69) is 10.5 Å². The van der Waals surface area contributed by atoms with Gasteiger partial charge in [-0.1, -0.05) is 28.9 Å². The Morgan fingerprint density at radius 1 is 1.18 bits per heavy atom. The number of benzene rings is 1. The highest BCUT2D eigenvalue weighted by Gasteiger charge is 2.36. The first kappa shape index (κ1) is 23.4. The van der Waals surface area contributed by atoms with Gasteiger partial charge in [0.2, 0.25) is 15.9 Å². The quantitative estimate of drug-likeness (QED) is 0.538. The van der Waals surface area contributed by atoms with Crippen molar-refractivity contribution in [2.45, 2.75) is 38.5 Å². The fourth-order valence-corrected chi connectivity index (χ4v) is 6.36. The average molecular weight is 486 g/mol. The number of thiophene rings is 1. The van der Waals surface area contributed by atoms with E-state index in [1.807, 2.05) is 55.6 Å². The first-order chi connectivity index (χ1) is 15.8. The SMILES string of the molecule is Cc1ccc(NC(=O)C2CCN(S(=O)(=O)c3c(C)noc3C=Cc3cccs3)CC2)c(C)c1. The molecule has 0 aliphatic carbocycles. The van der Waals surface area contributed by atoms with Crippen LogP contribution in [-0.2, 0) is 14.8 Å². The number of carbonyl (C=O) groups is 1. The van der Waals surface area contributed by atoms with E-state index in [4.69, 9.17) is 4.52 Å². The zero-order valence-corrected chi connectivity index (χ0v) is 20.5. The lowest BCUT2D eigenvalue weighted by molar-refractivity contribution is -0.120. The topological polar surface area (TPSA) is 92.5 Å². The van der Waals surface area contributed by atoms with Crippen molar-refractivity contribution in [2.24, 2.45) is 5.92 Å². The van der Waals surface area contributed by atoms with Crippen molar-refractivity contribution in [1.82, 2.24) is 9.46 Å². The molecule has 1 aliphatic heterocycles. The molecule has 3 heterocycles. The second-order valence-electron chi connectivity index (χ2n) is 8.30. The lowest BCUT2D eigenvalue weighted by Crippen LogP contribution is -2.41. The molecule has 0 unspecified atom stereocenters. The first-order valence-electron chi connectivity index (χ1n) is 10.8. The molecule has 174 valence electrons. The first-order valence-corrected chi connectivity index (χ1v) is 13.1. The molecule has 0 atom stereocenters. The minimum absolute atomic E-state index is 0.0697. The number of sulfonamides is 1. The maximum absolute atomic E-state index is 13.4. The highest BCUT2D eigenvalue weighted by molar-refractivity contribution is 7.89. The maximum atomic E-state index is 13.4. The third kappa shape index (κ3) is 5.10. The average Bonchev–Trinajstić information content (AvgIpc) is 3.44. The van der Waals surface area contributed by atoms with Gasteiger partial charge < -0.3 is 9.84 Å². The minimum Gasteiger partial charge on any atom is -0.355 e. The molecule has 33 heavy (non-hydrogen) atoms. The summed E-state index contributed by atoms with van der Waals surface area (Å²) in [7, 11) is -3.79. The molecule has 1 saturated heterocycles. The molecule has 9 heteroatoms. The predicted octanol–water partition coefficient (Wildman–Crippen LogP) is 4.87. The molecule has 2 aromatic heterocycles. The summed E-state index contributed by atoms with van der Waals surface area (Å²) in [5.74, 6) is -0.0886. The lowest BCUT2D eigenvalue weighted by atomic mass is 9.97. The largest absolute Gasteiger partial charge is 0.355 e. The van der Waals surface area contributed by atoms with E-state index in [1.165, 1.54) is 4.31 Å². The predicted molar refractivity (Wildman–Crippen MR) is 131 cm³/mol. The van der Waals surface area contributed by atoms with Gasteiger partial charge in [-0.05, 0) is 68.8 Å². The number of carbonyl (C=O) groups excluding carboxylic acids is 1. The van der Waals surface area contributed by atoms with Crippen molar-refractivity contribution in [3.8, 4) is 0 Å². The van der Waals surface area contributed by atoms with Gasteiger partial charge in [0.05, 0.1) is 0 Å². The Balaban J connectivity index is 1.44. The molecular formula is C24H27N3O4S2. The van der Waals surface area contributed by atoms with Gasteiger partial charge in [0.25, 0.3) is 0 Å². The van der Waals surface area contributed by atoms with Crippen LogP contribution in [0, 0.1) is 26.7 Å². The number of nitrogens with zero attached hydrogens (tertiary/aromatic N) is 2. The number of hydrogen-bond acceptors (Lipinski definition) is 6. The standard InChI is InChI=1S/C24H27N3O4S2/c1-16-6-8-21(17(2)15-16)25-24(28)19-10-12-27(13-11-19)33(29,30)23-18(3)26-31-22(23)9-7-20-5-4-14-32-20/h4-9,14-15,19H,10-13H2,1-3H3,(H,25,28). The monoisotopic (exact) mass is 485 g/mol. The Bertz CT molecular complexity index is 1270. The van der Waals surface area contributed by atoms with Gasteiger partial charge in [0.1, 0.15) is 5.69 Å². The van der Waals surface area contributed by atoms with Crippen LogP contribution in [0.2, 0.25) is 0 Å². The van der Waals surface area contributed by atoms with Gasteiger partial charge in [-0.2, -0.15) is 4.31 Å². The van der Waals surface area contributed by atoms with Crippen LogP contribution in [0.15, 0.2) is 45.1 Å². The van der Waals surface area contributed by atoms with Crippen molar-refractivity contribution in [3.63, 3.8) is 0 Å². The maximum Gasteiger partial charge on any atom is 0.248 e. The summed E-state index contributed by atoms with van der Waals surface area (Å²) < 4.78 is 33.5. The summed E-state index contributed by atoms with van der Waals surface area (Å²) >= 11 is 1.55. The number of nitrogens with one attached hydrogen (secondary N) is 1.